The highest BCUT2D eigenvalue weighted by Gasteiger charge is 2.03. The Morgan fingerprint density at radius 3 is 2.53 bits per heavy atom. The molecule has 0 aliphatic heterocycles. The number of nitrogens with zero attached hydrogens (tertiary/aromatic N) is 2. The fraction of sp³-hybridized carbons (Fsp3) is 0.154. The number of hydrogen-bond acceptors (Lipinski definition) is 4. The number of aryl methyl sites for hydroxylation is 2. The molecule has 2 N–H and O–H groups in total. The summed E-state index contributed by atoms with van der Waals surface area (Å²) in [5.74, 6) is 0. The van der Waals surface area contributed by atoms with Gasteiger partial charge in [0.1, 0.15) is 0 Å². The van der Waals surface area contributed by atoms with Crippen molar-refractivity contribution in [2.75, 3.05) is 5.43 Å². The minimum atomic E-state index is -0.432. The first-order chi connectivity index (χ1) is 9.06. The minimum absolute atomic E-state index is 0.0617. The van der Waals surface area contributed by atoms with Crippen molar-refractivity contribution in [2.45, 2.75) is 13.8 Å². The number of H-pyrrole nitrogens is 1. The second-order valence-corrected chi connectivity index (χ2v) is 4.21. The van der Waals surface area contributed by atoms with Crippen LogP contribution in [0.15, 0.2) is 35.4 Å². The zero-order chi connectivity index (χ0) is 13.8. The number of nitro benzene ring substituents is 1. The van der Waals surface area contributed by atoms with Gasteiger partial charge in [-0.15, -0.1) is 0 Å². The largest absolute Gasteiger partial charge is 0.362 e. The molecule has 0 aliphatic carbocycles. The lowest BCUT2D eigenvalue weighted by molar-refractivity contribution is -0.384. The summed E-state index contributed by atoms with van der Waals surface area (Å²) < 4.78 is 0. The van der Waals surface area contributed by atoms with Crippen LogP contribution in [0.4, 0.5) is 11.4 Å². The summed E-state index contributed by atoms with van der Waals surface area (Å²) in [4.78, 5) is 13.3. The number of benzene rings is 1. The minimum Gasteiger partial charge on any atom is -0.362 e. The van der Waals surface area contributed by atoms with Crippen LogP contribution in [0, 0.1) is 24.0 Å². The first kappa shape index (κ1) is 12.8. The number of hydrazone groups is 1. The summed E-state index contributed by atoms with van der Waals surface area (Å²) in [5, 5.41) is 14.6. The fourth-order valence-electron chi connectivity index (χ4n) is 1.71. The number of aromatic nitrogens is 1. The van der Waals surface area contributed by atoms with Gasteiger partial charge in [0.25, 0.3) is 5.69 Å². The van der Waals surface area contributed by atoms with E-state index in [-0.39, 0.29) is 5.69 Å². The van der Waals surface area contributed by atoms with Crippen LogP contribution in [0.1, 0.15) is 17.0 Å². The van der Waals surface area contributed by atoms with Gasteiger partial charge in [-0.2, -0.15) is 5.10 Å². The van der Waals surface area contributed by atoms with Crippen LogP contribution < -0.4 is 5.43 Å². The highest BCUT2D eigenvalue weighted by atomic mass is 16.6. The molecule has 2 aromatic rings. The summed E-state index contributed by atoms with van der Waals surface area (Å²) in [6.07, 6.45) is 1.71. The molecule has 0 amide bonds. The van der Waals surface area contributed by atoms with Crippen LogP contribution in [0.5, 0.6) is 0 Å². The Kier molecular flexibility index (Phi) is 3.61. The molecule has 0 aliphatic rings. The van der Waals surface area contributed by atoms with Crippen LogP contribution >= 0.6 is 0 Å². The molecular weight excluding hydrogens is 244 g/mol. The summed E-state index contributed by atoms with van der Waals surface area (Å²) in [5.41, 5.74) is 6.72. The number of aromatic amines is 1. The molecule has 19 heavy (non-hydrogen) atoms. The number of hydrogen-bond donors (Lipinski definition) is 2. The van der Waals surface area contributed by atoms with Crippen molar-refractivity contribution in [1.82, 2.24) is 4.98 Å². The second kappa shape index (κ2) is 5.34. The van der Waals surface area contributed by atoms with E-state index >= 15 is 0 Å². The number of nitro groups is 1. The smallest absolute Gasteiger partial charge is 0.269 e. The number of anilines is 1. The van der Waals surface area contributed by atoms with E-state index < -0.39 is 4.92 Å². The van der Waals surface area contributed by atoms with Crippen LogP contribution in [-0.4, -0.2) is 16.1 Å². The first-order valence-corrected chi connectivity index (χ1v) is 5.76. The van der Waals surface area contributed by atoms with Crippen molar-refractivity contribution in [3.63, 3.8) is 0 Å². The molecule has 2 rings (SSSR count). The maximum atomic E-state index is 10.5. The van der Waals surface area contributed by atoms with E-state index in [4.69, 9.17) is 0 Å². The Bertz CT molecular complexity index is 614. The van der Waals surface area contributed by atoms with E-state index in [1.807, 2.05) is 19.9 Å². The van der Waals surface area contributed by atoms with E-state index in [0.717, 1.165) is 17.0 Å². The summed E-state index contributed by atoms with van der Waals surface area (Å²) >= 11 is 0. The quantitative estimate of drug-likeness (QED) is 0.502. The van der Waals surface area contributed by atoms with Crippen LogP contribution in [0.3, 0.4) is 0 Å². The molecular formula is C13H14N4O2. The standard InChI is InChI=1S/C13H14N4O2/c1-9-7-11(10(2)15-9)8-14-16-12-3-5-13(6-4-12)17(18)19/h3-8,15-16H,1-2H3/b14-8-. The zero-order valence-electron chi connectivity index (χ0n) is 10.7. The molecule has 0 spiro atoms. The van der Waals surface area contributed by atoms with Crippen LogP contribution in [-0.2, 0) is 0 Å². The van der Waals surface area contributed by atoms with Gasteiger partial charge in [0.15, 0.2) is 0 Å². The Morgan fingerprint density at radius 1 is 1.32 bits per heavy atom. The third kappa shape index (κ3) is 3.19. The van der Waals surface area contributed by atoms with E-state index in [9.17, 15) is 10.1 Å². The average molecular weight is 258 g/mol. The van der Waals surface area contributed by atoms with Crippen molar-refractivity contribution in [3.8, 4) is 0 Å². The lowest BCUT2D eigenvalue weighted by Gasteiger charge is -1.99. The lowest BCUT2D eigenvalue weighted by atomic mass is 10.3. The van der Waals surface area contributed by atoms with Gasteiger partial charge in [-0.25, -0.2) is 0 Å². The predicted octanol–water partition coefficient (Wildman–Crippen LogP) is 2.99. The third-order valence-electron chi connectivity index (χ3n) is 2.67. The van der Waals surface area contributed by atoms with Gasteiger partial charge >= 0.3 is 0 Å². The van der Waals surface area contributed by atoms with Gasteiger partial charge < -0.3 is 4.98 Å². The van der Waals surface area contributed by atoms with Gasteiger partial charge in [0.2, 0.25) is 0 Å². The third-order valence-corrected chi connectivity index (χ3v) is 2.67. The summed E-state index contributed by atoms with van der Waals surface area (Å²) in [7, 11) is 0. The van der Waals surface area contributed by atoms with Crippen molar-refractivity contribution >= 4 is 17.6 Å². The summed E-state index contributed by atoms with van der Waals surface area (Å²) in [6.45, 7) is 3.95. The monoisotopic (exact) mass is 258 g/mol. The molecule has 0 bridgehead atoms. The molecule has 0 fully saturated rings. The van der Waals surface area contributed by atoms with Gasteiger partial charge in [-0.05, 0) is 32.0 Å². The molecule has 0 saturated carbocycles. The zero-order valence-corrected chi connectivity index (χ0v) is 10.7. The topological polar surface area (TPSA) is 83.3 Å². The van der Waals surface area contributed by atoms with E-state index in [0.29, 0.717) is 5.69 Å². The molecule has 6 heteroatoms. The Labute approximate surface area is 110 Å². The van der Waals surface area contributed by atoms with Crippen molar-refractivity contribution in [2.24, 2.45) is 5.10 Å². The van der Waals surface area contributed by atoms with Gasteiger partial charge in [-0.1, -0.05) is 0 Å². The van der Waals surface area contributed by atoms with Crippen molar-refractivity contribution in [1.29, 1.82) is 0 Å². The molecule has 0 radical (unpaired) electrons. The average Bonchev–Trinajstić information content (AvgIpc) is 2.68. The maximum absolute atomic E-state index is 10.5. The van der Waals surface area contributed by atoms with Crippen molar-refractivity contribution in [3.05, 3.63) is 57.4 Å². The molecule has 0 saturated heterocycles. The van der Waals surface area contributed by atoms with E-state index in [1.54, 1.807) is 18.3 Å². The highest BCUT2D eigenvalue weighted by Crippen LogP contribution is 2.15. The Balaban J connectivity index is 2.02. The molecule has 98 valence electrons. The molecule has 6 nitrogen and oxygen atoms in total. The molecule has 0 atom stereocenters. The van der Waals surface area contributed by atoms with Gasteiger partial charge in [0, 0.05) is 29.1 Å². The molecule has 1 heterocycles. The molecule has 0 unspecified atom stereocenters. The summed E-state index contributed by atoms with van der Waals surface area (Å²) in [6, 6.07) is 8.10. The normalized spacial score (nSPS) is 10.8. The van der Waals surface area contributed by atoms with Crippen LogP contribution in [0.25, 0.3) is 0 Å². The van der Waals surface area contributed by atoms with E-state index in [2.05, 4.69) is 15.5 Å². The number of nitrogens with one attached hydrogen (secondary N) is 2. The Morgan fingerprint density at radius 2 is 2.00 bits per heavy atom. The van der Waals surface area contributed by atoms with Crippen LogP contribution in [0.2, 0.25) is 0 Å². The Hall–Kier alpha value is -2.63. The first-order valence-electron chi connectivity index (χ1n) is 5.76. The lowest BCUT2D eigenvalue weighted by Crippen LogP contribution is -1.92. The van der Waals surface area contributed by atoms with Gasteiger partial charge in [0.05, 0.1) is 16.8 Å². The van der Waals surface area contributed by atoms with E-state index in [1.165, 1.54) is 12.1 Å². The number of rotatable bonds is 4. The second-order valence-electron chi connectivity index (χ2n) is 4.21. The predicted molar refractivity (Wildman–Crippen MR) is 74.6 cm³/mol. The number of non-ortho nitro benzene ring substituents is 1. The van der Waals surface area contributed by atoms with Crippen molar-refractivity contribution < 1.29 is 4.92 Å². The maximum Gasteiger partial charge on any atom is 0.269 e. The molecule has 1 aromatic heterocycles. The highest BCUT2D eigenvalue weighted by molar-refractivity contribution is 5.82. The fourth-order valence-corrected chi connectivity index (χ4v) is 1.71. The molecule has 1 aromatic carbocycles. The van der Waals surface area contributed by atoms with Gasteiger partial charge in [-0.3, -0.25) is 15.5 Å². The SMILES string of the molecule is Cc1cc(/C=N\Nc2ccc([N+](=O)[O-])cc2)c(C)[nH]1.